The topological polar surface area (TPSA) is 55.4 Å². The summed E-state index contributed by atoms with van der Waals surface area (Å²) in [6.45, 7) is 3.82. The Hall–Kier alpha value is -2.40. The third kappa shape index (κ3) is 5.35. The monoisotopic (exact) mass is 387 g/mol. The lowest BCUT2D eigenvalue weighted by atomic mass is 10.1. The van der Waals surface area contributed by atoms with Crippen molar-refractivity contribution in [3.05, 3.63) is 70.7 Å². The molecule has 0 fully saturated rings. The first-order chi connectivity index (χ1) is 11.5. The molecule has 24 heavy (non-hydrogen) atoms. The fourth-order valence-electron chi connectivity index (χ4n) is 1.96. The van der Waals surface area contributed by atoms with Crippen molar-refractivity contribution in [3.8, 4) is 5.75 Å². The van der Waals surface area contributed by atoms with E-state index >= 15 is 0 Å². The average Bonchev–Trinajstić information content (AvgIpc) is 2.54. The highest BCUT2D eigenvalue weighted by atomic mass is 79.9. The molecule has 0 unspecified atom stereocenters. The highest BCUT2D eigenvalue weighted by Crippen LogP contribution is 2.24. The predicted octanol–water partition coefficient (Wildman–Crippen LogP) is 4.61. The molecule has 0 heterocycles. The number of hydrogen-bond acceptors (Lipinski definition) is 3. The van der Waals surface area contributed by atoms with Crippen molar-refractivity contribution in [2.45, 2.75) is 20.0 Å². The molecule has 0 atom stereocenters. The Bertz CT molecular complexity index is 751. The van der Waals surface area contributed by atoms with Gasteiger partial charge in [-0.3, -0.25) is 9.59 Å². The van der Waals surface area contributed by atoms with Crippen molar-refractivity contribution in [2.24, 2.45) is 0 Å². The standard InChI is InChI=1S/C19H18BrNO3/c1-13(2)24-18-6-4-3-5-16(18)21-19(23)12-11-17(22)14-7-9-15(20)10-8-14/h3-13H,1-2H3,(H,21,23)/b12-11+. The minimum Gasteiger partial charge on any atom is -0.489 e. The third-order valence-corrected chi connectivity index (χ3v) is 3.55. The number of carbonyl (C=O) groups is 2. The highest BCUT2D eigenvalue weighted by molar-refractivity contribution is 9.10. The fraction of sp³-hybridized carbons (Fsp3) is 0.158. The quantitative estimate of drug-likeness (QED) is 0.581. The molecule has 0 aromatic heterocycles. The van der Waals surface area contributed by atoms with Crippen LogP contribution in [0.2, 0.25) is 0 Å². The van der Waals surface area contributed by atoms with Gasteiger partial charge < -0.3 is 10.1 Å². The zero-order chi connectivity index (χ0) is 17.5. The molecule has 2 aromatic carbocycles. The molecule has 0 radical (unpaired) electrons. The van der Waals surface area contributed by atoms with Crippen LogP contribution in [0.4, 0.5) is 5.69 Å². The minimum atomic E-state index is -0.389. The number of ether oxygens (including phenoxy) is 1. The molecule has 124 valence electrons. The zero-order valence-electron chi connectivity index (χ0n) is 13.5. The summed E-state index contributed by atoms with van der Waals surface area (Å²) in [6, 6.07) is 14.1. The third-order valence-electron chi connectivity index (χ3n) is 3.02. The molecule has 0 saturated carbocycles. The number of rotatable bonds is 6. The van der Waals surface area contributed by atoms with Gasteiger partial charge in [-0.15, -0.1) is 0 Å². The van der Waals surface area contributed by atoms with Crippen LogP contribution >= 0.6 is 15.9 Å². The van der Waals surface area contributed by atoms with Gasteiger partial charge in [0.25, 0.3) is 0 Å². The molecular weight excluding hydrogens is 370 g/mol. The number of nitrogens with one attached hydrogen (secondary N) is 1. The number of halogens is 1. The Morgan fingerprint density at radius 2 is 1.71 bits per heavy atom. The van der Waals surface area contributed by atoms with Gasteiger partial charge in [0.05, 0.1) is 11.8 Å². The van der Waals surface area contributed by atoms with Gasteiger partial charge in [-0.1, -0.05) is 28.1 Å². The van der Waals surface area contributed by atoms with Crippen LogP contribution in [0.1, 0.15) is 24.2 Å². The second kappa shape index (κ2) is 8.45. The van der Waals surface area contributed by atoms with Gasteiger partial charge in [-0.2, -0.15) is 0 Å². The van der Waals surface area contributed by atoms with Crippen LogP contribution in [0.5, 0.6) is 5.75 Å². The Morgan fingerprint density at radius 3 is 2.38 bits per heavy atom. The highest BCUT2D eigenvalue weighted by Gasteiger charge is 2.08. The number of para-hydroxylation sites is 2. The van der Waals surface area contributed by atoms with Crippen LogP contribution in [-0.2, 0) is 4.79 Å². The summed E-state index contributed by atoms with van der Waals surface area (Å²) in [6.07, 6.45) is 2.47. The predicted molar refractivity (Wildman–Crippen MR) is 98.4 cm³/mol. The van der Waals surface area contributed by atoms with E-state index in [1.54, 1.807) is 42.5 Å². The molecule has 2 aromatic rings. The van der Waals surface area contributed by atoms with E-state index in [-0.39, 0.29) is 17.8 Å². The lowest BCUT2D eigenvalue weighted by Crippen LogP contribution is -2.12. The SMILES string of the molecule is CC(C)Oc1ccccc1NC(=O)/C=C/C(=O)c1ccc(Br)cc1. The summed E-state index contributed by atoms with van der Waals surface area (Å²) in [5.74, 6) is -0.0295. The molecule has 0 saturated heterocycles. The molecule has 0 aliphatic carbocycles. The Balaban J connectivity index is 2.03. The first-order valence-electron chi connectivity index (χ1n) is 7.50. The molecule has 0 spiro atoms. The molecule has 1 N–H and O–H groups in total. The number of anilines is 1. The largest absolute Gasteiger partial charge is 0.489 e. The lowest BCUT2D eigenvalue weighted by Gasteiger charge is -2.14. The summed E-state index contributed by atoms with van der Waals surface area (Å²) in [7, 11) is 0. The van der Waals surface area contributed by atoms with Crippen LogP contribution in [-0.4, -0.2) is 17.8 Å². The minimum absolute atomic E-state index is 0.00224. The van der Waals surface area contributed by atoms with E-state index in [2.05, 4.69) is 21.2 Å². The van der Waals surface area contributed by atoms with Gasteiger partial charge in [-0.25, -0.2) is 0 Å². The van der Waals surface area contributed by atoms with Crippen LogP contribution < -0.4 is 10.1 Å². The van der Waals surface area contributed by atoms with Gasteiger partial charge >= 0.3 is 0 Å². The number of allylic oxidation sites excluding steroid dienone is 1. The molecule has 1 amide bonds. The Morgan fingerprint density at radius 1 is 1.04 bits per heavy atom. The van der Waals surface area contributed by atoms with Crippen LogP contribution in [0, 0.1) is 0 Å². The van der Waals surface area contributed by atoms with Crippen molar-refractivity contribution < 1.29 is 14.3 Å². The maximum Gasteiger partial charge on any atom is 0.248 e. The van der Waals surface area contributed by atoms with E-state index in [1.165, 1.54) is 12.2 Å². The van der Waals surface area contributed by atoms with Crippen LogP contribution in [0.25, 0.3) is 0 Å². The van der Waals surface area contributed by atoms with Crippen molar-refractivity contribution in [1.29, 1.82) is 0 Å². The first kappa shape index (κ1) is 17.9. The number of carbonyl (C=O) groups excluding carboxylic acids is 2. The second-order valence-electron chi connectivity index (χ2n) is 5.36. The maximum absolute atomic E-state index is 12.0. The average molecular weight is 388 g/mol. The van der Waals surface area contributed by atoms with Crippen LogP contribution in [0.15, 0.2) is 65.2 Å². The van der Waals surface area contributed by atoms with Gasteiger partial charge in [0, 0.05) is 16.1 Å². The zero-order valence-corrected chi connectivity index (χ0v) is 15.0. The molecule has 4 nitrogen and oxygen atoms in total. The molecule has 0 bridgehead atoms. The van der Waals surface area contributed by atoms with E-state index < -0.39 is 0 Å². The summed E-state index contributed by atoms with van der Waals surface area (Å²) < 4.78 is 6.53. The fourth-order valence-corrected chi connectivity index (χ4v) is 2.23. The summed E-state index contributed by atoms with van der Waals surface area (Å²) >= 11 is 3.31. The Labute approximate surface area is 149 Å². The van der Waals surface area contributed by atoms with Gasteiger partial charge in [0.2, 0.25) is 5.91 Å². The first-order valence-corrected chi connectivity index (χ1v) is 8.29. The number of amides is 1. The summed E-state index contributed by atoms with van der Waals surface area (Å²) in [4.78, 5) is 24.0. The molecular formula is C19H18BrNO3. The number of benzene rings is 2. The molecule has 5 heteroatoms. The van der Waals surface area contributed by atoms with Crippen LogP contribution in [0.3, 0.4) is 0 Å². The van der Waals surface area contributed by atoms with E-state index in [9.17, 15) is 9.59 Å². The van der Waals surface area contributed by atoms with Gasteiger partial charge in [0.15, 0.2) is 5.78 Å². The molecule has 0 aliphatic rings. The molecule has 0 aliphatic heterocycles. The normalized spacial score (nSPS) is 10.8. The van der Waals surface area contributed by atoms with Crippen molar-refractivity contribution in [3.63, 3.8) is 0 Å². The summed E-state index contributed by atoms with van der Waals surface area (Å²) in [5, 5.41) is 2.72. The van der Waals surface area contributed by atoms with E-state index in [1.807, 2.05) is 19.9 Å². The smallest absolute Gasteiger partial charge is 0.248 e. The number of hydrogen-bond donors (Lipinski definition) is 1. The van der Waals surface area contributed by atoms with Gasteiger partial charge in [0.1, 0.15) is 5.75 Å². The summed E-state index contributed by atoms with van der Waals surface area (Å²) in [5.41, 5.74) is 1.09. The van der Waals surface area contributed by atoms with E-state index in [4.69, 9.17) is 4.74 Å². The second-order valence-corrected chi connectivity index (χ2v) is 6.27. The Kier molecular flexibility index (Phi) is 6.32. The molecule has 2 rings (SSSR count). The van der Waals surface area contributed by atoms with Crippen molar-refractivity contribution >= 4 is 33.3 Å². The van der Waals surface area contributed by atoms with E-state index in [0.717, 1.165) is 4.47 Å². The lowest BCUT2D eigenvalue weighted by molar-refractivity contribution is -0.111. The van der Waals surface area contributed by atoms with Crippen molar-refractivity contribution in [1.82, 2.24) is 0 Å². The van der Waals surface area contributed by atoms with Crippen molar-refractivity contribution in [2.75, 3.05) is 5.32 Å². The van der Waals surface area contributed by atoms with E-state index in [0.29, 0.717) is 17.0 Å². The number of ketones is 1. The maximum atomic E-state index is 12.0. The van der Waals surface area contributed by atoms with Gasteiger partial charge in [-0.05, 0) is 56.3 Å².